The zero-order valence-electron chi connectivity index (χ0n) is 13.4. The molecule has 0 saturated carbocycles. The molecule has 1 spiro atoms. The number of carbonyl (C=O) groups excluding carboxylic acids is 1. The molecule has 4 rings (SSSR count). The number of aryl methyl sites for hydroxylation is 1. The molecule has 1 N–H and O–H groups in total. The van der Waals surface area contributed by atoms with Crippen molar-refractivity contribution in [2.75, 3.05) is 19.6 Å². The average molecular weight is 310 g/mol. The van der Waals surface area contributed by atoms with Crippen LogP contribution in [-0.2, 0) is 18.4 Å². The van der Waals surface area contributed by atoms with Crippen LogP contribution in [0.25, 0.3) is 0 Å². The van der Waals surface area contributed by atoms with Gasteiger partial charge in [-0.3, -0.25) is 9.69 Å². The fraction of sp³-hybridized carbons (Fsp3) is 0.444. The number of likely N-dealkylation sites (tertiary alicyclic amines) is 1. The van der Waals surface area contributed by atoms with Crippen molar-refractivity contribution < 1.29 is 4.79 Å². The number of hydrogen-bond acceptors (Lipinski definition) is 3. The Hall–Kier alpha value is -2.14. The summed E-state index contributed by atoms with van der Waals surface area (Å²) < 4.78 is 2.05. The lowest BCUT2D eigenvalue weighted by atomic mass is 9.73. The van der Waals surface area contributed by atoms with E-state index in [-0.39, 0.29) is 17.2 Å². The molecule has 2 aromatic rings. The largest absolute Gasteiger partial charge is 0.355 e. The minimum absolute atomic E-state index is 0.216. The molecule has 0 radical (unpaired) electrons. The Bertz CT molecular complexity index is 711. The van der Waals surface area contributed by atoms with Crippen LogP contribution in [0.5, 0.6) is 0 Å². The minimum atomic E-state index is -0.285. The van der Waals surface area contributed by atoms with Gasteiger partial charge >= 0.3 is 0 Å². The summed E-state index contributed by atoms with van der Waals surface area (Å²) in [5.41, 5.74) is 0.983. The van der Waals surface area contributed by atoms with Gasteiger partial charge in [0.2, 0.25) is 5.91 Å². The van der Waals surface area contributed by atoms with E-state index in [1.54, 1.807) is 0 Å². The predicted molar refractivity (Wildman–Crippen MR) is 87.7 cm³/mol. The zero-order chi connectivity index (χ0) is 15.9. The van der Waals surface area contributed by atoms with Crippen LogP contribution in [0.1, 0.15) is 23.7 Å². The number of amides is 1. The van der Waals surface area contributed by atoms with E-state index < -0.39 is 0 Å². The summed E-state index contributed by atoms with van der Waals surface area (Å²) >= 11 is 0. The molecule has 1 aromatic carbocycles. The number of hydrogen-bond donors (Lipinski definition) is 1. The number of nitrogens with one attached hydrogen (secondary N) is 1. The van der Waals surface area contributed by atoms with E-state index in [1.807, 2.05) is 30.1 Å². The summed E-state index contributed by atoms with van der Waals surface area (Å²) in [6, 6.07) is 10.4. The lowest BCUT2D eigenvalue weighted by molar-refractivity contribution is -0.127. The molecule has 120 valence electrons. The Morgan fingerprint density at radius 3 is 2.91 bits per heavy atom. The Balaban J connectivity index is 1.57. The summed E-state index contributed by atoms with van der Waals surface area (Å²) in [5.74, 6) is 1.54. The van der Waals surface area contributed by atoms with Crippen molar-refractivity contribution in [3.8, 4) is 0 Å². The zero-order valence-corrected chi connectivity index (χ0v) is 13.4. The lowest BCUT2D eigenvalue weighted by Crippen LogP contribution is -2.37. The van der Waals surface area contributed by atoms with Gasteiger partial charge in [-0.1, -0.05) is 30.3 Å². The van der Waals surface area contributed by atoms with Gasteiger partial charge in [-0.05, 0) is 18.5 Å². The van der Waals surface area contributed by atoms with Crippen molar-refractivity contribution in [3.63, 3.8) is 0 Å². The van der Waals surface area contributed by atoms with Gasteiger partial charge in [0.05, 0.1) is 12.0 Å². The molecular formula is C18H22N4O. The van der Waals surface area contributed by atoms with Crippen LogP contribution in [0.15, 0.2) is 42.7 Å². The van der Waals surface area contributed by atoms with Gasteiger partial charge in [0.1, 0.15) is 5.82 Å². The van der Waals surface area contributed by atoms with Crippen LogP contribution in [-0.4, -0.2) is 40.0 Å². The Labute approximate surface area is 136 Å². The van der Waals surface area contributed by atoms with Crippen LogP contribution in [0.4, 0.5) is 0 Å². The molecule has 2 aliphatic rings. The average Bonchev–Trinajstić information content (AvgIpc) is 3.25. The second-order valence-corrected chi connectivity index (χ2v) is 6.74. The van der Waals surface area contributed by atoms with Crippen LogP contribution in [0.2, 0.25) is 0 Å². The smallest absolute Gasteiger partial charge is 0.228 e. The van der Waals surface area contributed by atoms with Crippen molar-refractivity contribution >= 4 is 5.91 Å². The molecule has 2 aliphatic heterocycles. The van der Waals surface area contributed by atoms with Crippen LogP contribution < -0.4 is 5.32 Å². The Morgan fingerprint density at radius 2 is 2.17 bits per heavy atom. The van der Waals surface area contributed by atoms with E-state index in [9.17, 15) is 4.79 Å². The maximum atomic E-state index is 12.6. The topological polar surface area (TPSA) is 50.2 Å². The van der Waals surface area contributed by atoms with Crippen LogP contribution >= 0.6 is 0 Å². The highest BCUT2D eigenvalue weighted by Crippen LogP contribution is 2.47. The highest BCUT2D eigenvalue weighted by molar-refractivity contribution is 5.87. The summed E-state index contributed by atoms with van der Waals surface area (Å²) in [6.45, 7) is 3.31. The normalized spacial score (nSPS) is 27.7. The highest BCUT2D eigenvalue weighted by Gasteiger charge is 2.54. The molecule has 0 bridgehead atoms. The number of benzene rings is 1. The van der Waals surface area contributed by atoms with Gasteiger partial charge in [0.15, 0.2) is 0 Å². The third kappa shape index (κ3) is 2.36. The molecule has 1 aromatic heterocycles. The monoisotopic (exact) mass is 310 g/mol. The standard InChI is InChI=1S/C18H22N4O/c1-21-10-8-19-16(21)12-22-9-7-18(13-22)15(11-20-17(18)23)14-5-3-2-4-6-14/h2-6,8,10,15H,7,9,11-13H2,1H3,(H,20,23)/t15-,18+/m1/s1. The summed E-state index contributed by atoms with van der Waals surface area (Å²) in [6.07, 6.45) is 4.72. The van der Waals surface area contributed by atoms with Crippen molar-refractivity contribution in [3.05, 3.63) is 54.1 Å². The van der Waals surface area contributed by atoms with Crippen LogP contribution in [0.3, 0.4) is 0 Å². The van der Waals surface area contributed by atoms with E-state index in [4.69, 9.17) is 0 Å². The Kier molecular flexibility index (Phi) is 3.45. The fourth-order valence-corrected chi connectivity index (χ4v) is 4.11. The fourth-order valence-electron chi connectivity index (χ4n) is 4.11. The molecular weight excluding hydrogens is 288 g/mol. The minimum Gasteiger partial charge on any atom is -0.355 e. The molecule has 2 saturated heterocycles. The van der Waals surface area contributed by atoms with Crippen molar-refractivity contribution in [2.24, 2.45) is 12.5 Å². The maximum absolute atomic E-state index is 12.6. The Morgan fingerprint density at radius 1 is 1.35 bits per heavy atom. The first-order chi connectivity index (χ1) is 11.2. The van der Waals surface area contributed by atoms with Crippen molar-refractivity contribution in [2.45, 2.75) is 18.9 Å². The first-order valence-corrected chi connectivity index (χ1v) is 8.21. The number of aromatic nitrogens is 2. The number of carbonyl (C=O) groups is 1. The number of imidazole rings is 1. The van der Waals surface area contributed by atoms with Crippen LogP contribution in [0, 0.1) is 5.41 Å². The number of rotatable bonds is 3. The SMILES string of the molecule is Cn1ccnc1CN1CC[C@@]2(C1)C(=O)NC[C@@H]2c1ccccc1. The third-order valence-electron chi connectivity index (χ3n) is 5.45. The highest BCUT2D eigenvalue weighted by atomic mass is 16.2. The maximum Gasteiger partial charge on any atom is 0.228 e. The lowest BCUT2D eigenvalue weighted by Gasteiger charge is -2.28. The second kappa shape index (κ2) is 5.49. The third-order valence-corrected chi connectivity index (χ3v) is 5.45. The van der Waals surface area contributed by atoms with Gasteiger partial charge < -0.3 is 9.88 Å². The van der Waals surface area contributed by atoms with E-state index in [2.05, 4.69) is 39.5 Å². The van der Waals surface area contributed by atoms with Gasteiger partial charge in [0.25, 0.3) is 0 Å². The quantitative estimate of drug-likeness (QED) is 0.935. The molecule has 2 atom stereocenters. The van der Waals surface area contributed by atoms with Crippen molar-refractivity contribution in [1.82, 2.24) is 19.8 Å². The molecule has 3 heterocycles. The molecule has 5 heteroatoms. The first kappa shape index (κ1) is 14.5. The van der Waals surface area contributed by atoms with Crippen molar-refractivity contribution in [1.29, 1.82) is 0 Å². The number of nitrogens with zero attached hydrogens (tertiary/aromatic N) is 3. The summed E-state index contributed by atoms with van der Waals surface area (Å²) in [4.78, 5) is 19.4. The van der Waals surface area contributed by atoms with E-state index in [1.165, 1.54) is 5.56 Å². The first-order valence-electron chi connectivity index (χ1n) is 8.21. The molecule has 2 fully saturated rings. The molecule has 0 unspecified atom stereocenters. The summed E-state index contributed by atoms with van der Waals surface area (Å²) in [7, 11) is 2.02. The molecule has 5 nitrogen and oxygen atoms in total. The molecule has 0 aliphatic carbocycles. The second-order valence-electron chi connectivity index (χ2n) is 6.74. The van der Waals surface area contributed by atoms with Gasteiger partial charge in [0, 0.05) is 38.4 Å². The van der Waals surface area contributed by atoms with Gasteiger partial charge in [-0.2, -0.15) is 0 Å². The predicted octanol–water partition coefficient (Wildman–Crippen LogP) is 1.53. The summed E-state index contributed by atoms with van der Waals surface area (Å²) in [5, 5.41) is 3.11. The van der Waals surface area contributed by atoms with E-state index in [0.717, 1.165) is 38.4 Å². The van der Waals surface area contributed by atoms with Gasteiger partial charge in [-0.15, -0.1) is 0 Å². The molecule has 23 heavy (non-hydrogen) atoms. The van der Waals surface area contributed by atoms with Gasteiger partial charge in [-0.25, -0.2) is 4.98 Å². The van der Waals surface area contributed by atoms with E-state index >= 15 is 0 Å². The van der Waals surface area contributed by atoms with E-state index in [0.29, 0.717) is 0 Å². The molecule has 1 amide bonds.